The average molecular weight is 474 g/mol. The number of aromatic nitrogens is 2. The quantitative estimate of drug-likeness (QED) is 0.375. The van der Waals surface area contributed by atoms with E-state index in [9.17, 15) is 4.79 Å². The number of piperidine rings is 1. The number of carbonyl (C=O) groups is 1. The number of ether oxygens (including phenoxy) is 2. The summed E-state index contributed by atoms with van der Waals surface area (Å²) in [7, 11) is 3.27. The summed E-state index contributed by atoms with van der Waals surface area (Å²) in [4.78, 5) is 19.4. The third-order valence-electron chi connectivity index (χ3n) is 6.25. The molecule has 1 fully saturated rings. The number of carbonyl (C=O) groups excluding carboxylic acids is 1. The smallest absolute Gasteiger partial charge is 0.292 e. The fourth-order valence-corrected chi connectivity index (χ4v) is 4.37. The van der Waals surface area contributed by atoms with Crippen LogP contribution in [0.1, 0.15) is 46.5 Å². The zero-order valence-electron chi connectivity index (χ0n) is 19.8. The van der Waals surface area contributed by atoms with E-state index in [0.717, 1.165) is 41.2 Å². The molecule has 0 spiro atoms. The Morgan fingerprint density at radius 2 is 1.91 bits per heavy atom. The first kappa shape index (κ1) is 22.7. The molecule has 0 unspecified atom stereocenters. The topological polar surface area (TPSA) is 90.8 Å². The third kappa shape index (κ3) is 5.06. The first-order valence-corrected chi connectivity index (χ1v) is 11.6. The molecular weight excluding hydrogens is 446 g/mol. The molecule has 1 aliphatic rings. The van der Waals surface area contributed by atoms with E-state index in [-0.39, 0.29) is 17.6 Å². The normalized spacial score (nSPS) is 15.7. The van der Waals surface area contributed by atoms with Crippen molar-refractivity contribution in [3.63, 3.8) is 0 Å². The van der Waals surface area contributed by atoms with Crippen LogP contribution in [-0.4, -0.2) is 48.3 Å². The molecule has 0 radical (unpaired) electrons. The number of hydrogen-bond acceptors (Lipinski definition) is 7. The fraction of sp³-hybridized carbons (Fsp3) is 0.296. The molecule has 4 aromatic rings. The van der Waals surface area contributed by atoms with E-state index < -0.39 is 0 Å². The maximum atomic E-state index is 13.1. The minimum absolute atomic E-state index is 0.0377. The van der Waals surface area contributed by atoms with Crippen LogP contribution < -0.4 is 9.47 Å². The number of methoxy groups -OCH3 is 2. The van der Waals surface area contributed by atoms with Gasteiger partial charge in [0.05, 0.1) is 26.3 Å². The van der Waals surface area contributed by atoms with Gasteiger partial charge in [-0.15, -0.1) is 0 Å². The van der Waals surface area contributed by atoms with Gasteiger partial charge in [0, 0.05) is 31.1 Å². The highest BCUT2D eigenvalue weighted by molar-refractivity contribution is 5.92. The van der Waals surface area contributed by atoms with Crippen molar-refractivity contribution in [3.05, 3.63) is 83.8 Å². The van der Waals surface area contributed by atoms with Gasteiger partial charge in [-0.2, -0.15) is 0 Å². The molecule has 35 heavy (non-hydrogen) atoms. The molecule has 2 aromatic carbocycles. The first-order chi connectivity index (χ1) is 17.1. The van der Waals surface area contributed by atoms with Gasteiger partial charge in [0.15, 0.2) is 5.89 Å². The van der Waals surface area contributed by atoms with Crippen molar-refractivity contribution in [2.24, 2.45) is 0 Å². The van der Waals surface area contributed by atoms with E-state index >= 15 is 0 Å². The van der Waals surface area contributed by atoms with Crippen LogP contribution in [0, 0.1) is 0 Å². The Labute approximate surface area is 203 Å². The monoisotopic (exact) mass is 473 g/mol. The summed E-state index contributed by atoms with van der Waals surface area (Å²) in [5.41, 5.74) is 2.55. The Morgan fingerprint density at radius 3 is 2.71 bits per heavy atom. The van der Waals surface area contributed by atoms with E-state index in [0.29, 0.717) is 31.1 Å². The second kappa shape index (κ2) is 10.0. The summed E-state index contributed by atoms with van der Waals surface area (Å²) in [6.07, 6.45) is 4.18. The average Bonchev–Trinajstić information content (AvgIpc) is 3.59. The lowest BCUT2D eigenvalue weighted by atomic mass is 9.97. The van der Waals surface area contributed by atoms with Gasteiger partial charge in [0.2, 0.25) is 5.76 Å². The molecule has 3 heterocycles. The maximum absolute atomic E-state index is 13.1. The molecule has 8 heteroatoms. The van der Waals surface area contributed by atoms with Gasteiger partial charge in [0.1, 0.15) is 23.0 Å². The van der Waals surface area contributed by atoms with E-state index in [2.05, 4.69) is 10.1 Å². The molecule has 180 valence electrons. The second-order valence-electron chi connectivity index (χ2n) is 8.59. The summed E-state index contributed by atoms with van der Waals surface area (Å²) in [5.74, 6) is 3.11. The van der Waals surface area contributed by atoms with Crippen LogP contribution in [0.15, 0.2) is 69.7 Å². The highest BCUT2D eigenvalue weighted by atomic mass is 16.5. The van der Waals surface area contributed by atoms with E-state index in [1.807, 2.05) is 48.5 Å². The minimum atomic E-state index is -0.176. The van der Waals surface area contributed by atoms with Crippen LogP contribution in [-0.2, 0) is 6.42 Å². The highest BCUT2D eigenvalue weighted by Crippen LogP contribution is 2.29. The van der Waals surface area contributed by atoms with Gasteiger partial charge in [-0.05, 0) is 54.8 Å². The zero-order chi connectivity index (χ0) is 24.2. The lowest BCUT2D eigenvalue weighted by Crippen LogP contribution is -2.39. The predicted molar refractivity (Wildman–Crippen MR) is 129 cm³/mol. The third-order valence-corrected chi connectivity index (χ3v) is 6.25. The summed E-state index contributed by atoms with van der Waals surface area (Å²) >= 11 is 0. The Kier molecular flexibility index (Phi) is 6.52. The van der Waals surface area contributed by atoms with Gasteiger partial charge >= 0.3 is 0 Å². The van der Waals surface area contributed by atoms with Crippen LogP contribution in [0.3, 0.4) is 0 Å². The van der Waals surface area contributed by atoms with Crippen molar-refractivity contribution < 1.29 is 23.2 Å². The number of benzene rings is 2. The summed E-state index contributed by atoms with van der Waals surface area (Å²) in [5, 5.41) is 4.09. The first-order valence-electron chi connectivity index (χ1n) is 11.6. The lowest BCUT2D eigenvalue weighted by molar-refractivity contribution is 0.0656. The Balaban J connectivity index is 1.24. The highest BCUT2D eigenvalue weighted by Gasteiger charge is 2.30. The lowest BCUT2D eigenvalue weighted by Gasteiger charge is -2.30. The number of hydrogen-bond donors (Lipinski definition) is 0. The Morgan fingerprint density at radius 1 is 1.09 bits per heavy atom. The molecule has 0 N–H and O–H groups in total. The van der Waals surface area contributed by atoms with Gasteiger partial charge in [0.25, 0.3) is 5.91 Å². The van der Waals surface area contributed by atoms with Gasteiger partial charge < -0.3 is 23.3 Å². The molecule has 8 nitrogen and oxygen atoms in total. The van der Waals surface area contributed by atoms with Crippen LogP contribution in [0.25, 0.3) is 11.3 Å². The largest absolute Gasteiger partial charge is 0.497 e. The molecular formula is C27H27N3O5. The van der Waals surface area contributed by atoms with Crippen molar-refractivity contribution >= 4 is 5.91 Å². The molecule has 1 amide bonds. The Bertz CT molecular complexity index is 1290. The molecule has 2 aromatic heterocycles. The number of amides is 1. The maximum Gasteiger partial charge on any atom is 0.292 e. The van der Waals surface area contributed by atoms with E-state index in [1.165, 1.54) is 0 Å². The van der Waals surface area contributed by atoms with Crippen LogP contribution in [0.4, 0.5) is 0 Å². The van der Waals surface area contributed by atoms with Crippen LogP contribution in [0.2, 0.25) is 0 Å². The van der Waals surface area contributed by atoms with Crippen LogP contribution in [0.5, 0.6) is 11.5 Å². The predicted octanol–water partition coefficient (Wildman–Crippen LogP) is 4.96. The van der Waals surface area contributed by atoms with Crippen LogP contribution >= 0.6 is 0 Å². The number of oxazole rings is 1. The molecule has 1 saturated heterocycles. The number of nitrogens with zero attached hydrogens (tertiary/aromatic N) is 3. The molecule has 0 saturated carbocycles. The second-order valence-corrected chi connectivity index (χ2v) is 8.59. The van der Waals surface area contributed by atoms with Crippen molar-refractivity contribution in [1.29, 1.82) is 0 Å². The zero-order valence-corrected chi connectivity index (χ0v) is 19.8. The van der Waals surface area contributed by atoms with Gasteiger partial charge in [-0.1, -0.05) is 17.3 Å². The summed E-state index contributed by atoms with van der Waals surface area (Å²) in [6, 6.07) is 17.0. The molecule has 1 atom stereocenters. The Hall–Kier alpha value is -4.07. The SMILES string of the molecule is COc1ccc(-c2cc(C(=O)N3CCC[C@H](c4ncc(Cc5cccc(OC)c5)o4)C3)on2)cc1. The van der Waals surface area contributed by atoms with Crippen molar-refractivity contribution in [2.45, 2.75) is 25.2 Å². The van der Waals surface area contributed by atoms with Crippen molar-refractivity contribution in [1.82, 2.24) is 15.0 Å². The van der Waals surface area contributed by atoms with E-state index in [1.54, 1.807) is 31.4 Å². The van der Waals surface area contributed by atoms with Crippen molar-refractivity contribution in [2.75, 3.05) is 27.3 Å². The standard InChI is InChI=1S/C27H27N3O5/c1-32-21-10-8-19(9-11-21)24-15-25(35-29-24)27(31)30-12-4-6-20(17-30)26-28-16-23(34-26)14-18-5-3-7-22(13-18)33-2/h3,5,7-11,13,15-16,20H,4,6,12,14,17H2,1-2H3/t20-/m0/s1. The molecule has 0 bridgehead atoms. The van der Waals surface area contributed by atoms with E-state index in [4.69, 9.17) is 18.4 Å². The fourth-order valence-electron chi connectivity index (χ4n) is 4.37. The molecule has 0 aliphatic carbocycles. The molecule has 5 rings (SSSR count). The summed E-state index contributed by atoms with van der Waals surface area (Å²) in [6.45, 7) is 1.18. The number of likely N-dealkylation sites (tertiary alicyclic amines) is 1. The summed E-state index contributed by atoms with van der Waals surface area (Å²) < 4.78 is 22.0. The molecule has 1 aliphatic heterocycles. The van der Waals surface area contributed by atoms with Gasteiger partial charge in [-0.3, -0.25) is 4.79 Å². The van der Waals surface area contributed by atoms with Crippen molar-refractivity contribution in [3.8, 4) is 22.8 Å². The number of rotatable bonds is 7. The van der Waals surface area contributed by atoms with Gasteiger partial charge in [-0.25, -0.2) is 4.98 Å². The minimum Gasteiger partial charge on any atom is -0.497 e.